The topological polar surface area (TPSA) is 47.6 Å². The minimum Gasteiger partial charge on any atom is -0.497 e. The van der Waals surface area contributed by atoms with E-state index in [0.29, 0.717) is 18.5 Å². The average Bonchev–Trinajstić information content (AvgIpc) is 2.89. The van der Waals surface area contributed by atoms with Gasteiger partial charge in [-0.1, -0.05) is 54.6 Å². The van der Waals surface area contributed by atoms with Crippen molar-refractivity contribution in [2.45, 2.75) is 0 Å². The first-order valence-corrected chi connectivity index (χ1v) is 12.8. The van der Waals surface area contributed by atoms with Crippen LogP contribution in [0.2, 0.25) is 0 Å². The van der Waals surface area contributed by atoms with Crippen LogP contribution >= 0.6 is 7.26 Å². The average molecular weight is 457 g/mol. The van der Waals surface area contributed by atoms with E-state index in [9.17, 15) is 4.79 Å². The lowest BCUT2D eigenvalue weighted by Crippen LogP contribution is -2.35. The van der Waals surface area contributed by atoms with Crippen LogP contribution in [0.4, 0.5) is 10.5 Å². The van der Waals surface area contributed by atoms with Crippen molar-refractivity contribution in [3.05, 3.63) is 115 Å². The van der Waals surface area contributed by atoms with Crippen LogP contribution < -0.4 is 26.0 Å². The highest BCUT2D eigenvalue weighted by Gasteiger charge is 2.45. The van der Waals surface area contributed by atoms with Crippen LogP contribution in [-0.4, -0.2) is 26.0 Å². The second-order valence-corrected chi connectivity index (χ2v) is 11.1. The van der Waals surface area contributed by atoms with Crippen LogP contribution in [0.3, 0.4) is 0 Å². The molecule has 4 aromatic carbocycles. The van der Waals surface area contributed by atoms with Crippen LogP contribution in [-0.2, 0) is 4.74 Å². The first-order chi connectivity index (χ1) is 16.2. The molecule has 0 unspecified atom stereocenters. The smallest absolute Gasteiger partial charge is 0.411 e. The first-order valence-electron chi connectivity index (χ1n) is 10.8. The van der Waals surface area contributed by atoms with E-state index >= 15 is 0 Å². The van der Waals surface area contributed by atoms with E-state index in [0.717, 1.165) is 5.75 Å². The molecule has 0 spiro atoms. The van der Waals surface area contributed by atoms with Gasteiger partial charge in [-0.05, 0) is 60.7 Å². The molecule has 1 amide bonds. The fourth-order valence-electron chi connectivity index (χ4n) is 3.99. The van der Waals surface area contributed by atoms with Crippen molar-refractivity contribution in [2.24, 2.45) is 0 Å². The van der Waals surface area contributed by atoms with Gasteiger partial charge in [-0.2, -0.15) is 0 Å². The normalized spacial score (nSPS) is 10.9. The van der Waals surface area contributed by atoms with Gasteiger partial charge in [0.25, 0.3) is 0 Å². The maximum absolute atomic E-state index is 12.5. The summed E-state index contributed by atoms with van der Waals surface area (Å²) in [6.07, 6.45) is 0.244. The SMILES string of the molecule is COc1ccc(NC(=O)OCC[P+](c2ccccc2)(c2ccccc2)c2ccccc2)cc1. The number of benzene rings is 4. The van der Waals surface area contributed by atoms with Crippen LogP contribution in [0.25, 0.3) is 0 Å². The molecule has 0 aliphatic carbocycles. The van der Waals surface area contributed by atoms with Gasteiger partial charge in [0.05, 0.1) is 7.11 Å². The Morgan fingerprint density at radius 3 is 1.58 bits per heavy atom. The van der Waals surface area contributed by atoms with Gasteiger partial charge in [0, 0.05) is 5.69 Å². The van der Waals surface area contributed by atoms with Crippen molar-refractivity contribution >= 4 is 35.0 Å². The molecule has 4 nitrogen and oxygen atoms in total. The molecule has 0 saturated heterocycles. The number of methoxy groups -OCH3 is 1. The Morgan fingerprint density at radius 1 is 0.697 bits per heavy atom. The Kier molecular flexibility index (Phi) is 7.39. The fourth-order valence-corrected chi connectivity index (χ4v) is 8.06. The van der Waals surface area contributed by atoms with Gasteiger partial charge in [-0.15, -0.1) is 0 Å². The molecular weight excluding hydrogens is 429 g/mol. The van der Waals surface area contributed by atoms with Crippen molar-refractivity contribution in [3.63, 3.8) is 0 Å². The Bertz CT molecular complexity index is 1050. The largest absolute Gasteiger partial charge is 0.497 e. The van der Waals surface area contributed by atoms with E-state index in [1.807, 2.05) is 18.2 Å². The van der Waals surface area contributed by atoms with Gasteiger partial charge in [0.2, 0.25) is 0 Å². The van der Waals surface area contributed by atoms with E-state index in [-0.39, 0.29) is 0 Å². The number of rotatable bonds is 8. The van der Waals surface area contributed by atoms with Gasteiger partial charge in [0.15, 0.2) is 0 Å². The standard InChI is InChI=1S/C28H26NO3P/c1-31-24-19-17-23(18-20-24)29-28(30)32-21-22-33(25-11-5-2-6-12-25,26-13-7-3-8-14-26)27-15-9-4-10-16-27/h2-20H,21-22H2,1H3/p+1. The molecular formula is C28H27NO3P+. The number of amides is 1. The number of hydrogen-bond donors (Lipinski definition) is 1. The molecule has 0 saturated carbocycles. The Balaban J connectivity index is 1.59. The maximum Gasteiger partial charge on any atom is 0.411 e. The third-order valence-electron chi connectivity index (χ3n) is 5.59. The number of nitrogens with one attached hydrogen (secondary N) is 1. The highest BCUT2D eigenvalue weighted by Crippen LogP contribution is 2.54. The third-order valence-corrected chi connectivity index (χ3v) is 9.98. The first kappa shape index (κ1) is 22.6. The molecule has 0 radical (unpaired) electrons. The molecule has 0 aromatic heterocycles. The zero-order valence-corrected chi connectivity index (χ0v) is 19.5. The van der Waals surface area contributed by atoms with Crippen molar-refractivity contribution in [1.82, 2.24) is 0 Å². The molecule has 166 valence electrons. The lowest BCUT2D eigenvalue weighted by molar-refractivity contribution is 0.168. The molecule has 4 aromatic rings. The van der Waals surface area contributed by atoms with E-state index in [1.54, 1.807) is 31.4 Å². The molecule has 0 bridgehead atoms. The van der Waals surface area contributed by atoms with Crippen molar-refractivity contribution < 1.29 is 14.3 Å². The number of ether oxygens (including phenoxy) is 2. The summed E-state index contributed by atoms with van der Waals surface area (Å²) in [7, 11) is -0.415. The fraction of sp³-hybridized carbons (Fsp3) is 0.107. The van der Waals surface area contributed by atoms with Crippen molar-refractivity contribution in [3.8, 4) is 5.75 Å². The second-order valence-electron chi connectivity index (χ2n) is 7.53. The zero-order chi connectivity index (χ0) is 22.9. The van der Waals surface area contributed by atoms with E-state index < -0.39 is 13.4 Å². The lowest BCUT2D eigenvalue weighted by Gasteiger charge is -2.27. The highest BCUT2D eigenvalue weighted by atomic mass is 31.2. The quantitative estimate of drug-likeness (QED) is 0.369. The summed E-state index contributed by atoms with van der Waals surface area (Å²) in [5.41, 5.74) is 0.663. The Hall–Kier alpha value is -3.62. The van der Waals surface area contributed by atoms with Crippen LogP contribution in [0.1, 0.15) is 0 Å². The number of carbonyl (C=O) groups excluding carboxylic acids is 1. The zero-order valence-electron chi connectivity index (χ0n) is 18.6. The molecule has 5 heteroatoms. The maximum atomic E-state index is 12.5. The highest BCUT2D eigenvalue weighted by molar-refractivity contribution is 7.95. The number of hydrogen-bond acceptors (Lipinski definition) is 3. The van der Waals surface area contributed by atoms with E-state index in [2.05, 4.69) is 78.1 Å². The Morgan fingerprint density at radius 2 is 1.15 bits per heavy atom. The number of carbonyl (C=O) groups is 1. The molecule has 0 atom stereocenters. The minimum absolute atomic E-state index is 0.300. The summed E-state index contributed by atoms with van der Waals surface area (Å²) in [5, 5.41) is 6.59. The lowest BCUT2D eigenvalue weighted by atomic mass is 10.3. The van der Waals surface area contributed by atoms with Gasteiger partial charge in [-0.3, -0.25) is 5.32 Å². The molecule has 0 aliphatic heterocycles. The molecule has 1 N–H and O–H groups in total. The van der Waals surface area contributed by atoms with Crippen molar-refractivity contribution in [1.29, 1.82) is 0 Å². The van der Waals surface area contributed by atoms with Gasteiger partial charge in [-0.25, -0.2) is 4.79 Å². The van der Waals surface area contributed by atoms with Crippen molar-refractivity contribution in [2.75, 3.05) is 25.2 Å². The summed E-state index contributed by atoms with van der Waals surface area (Å²) >= 11 is 0. The summed E-state index contributed by atoms with van der Waals surface area (Å²) < 4.78 is 10.8. The summed E-state index contributed by atoms with van der Waals surface area (Å²) in [5.74, 6) is 0.733. The molecule has 33 heavy (non-hydrogen) atoms. The van der Waals surface area contributed by atoms with Crippen LogP contribution in [0, 0.1) is 0 Å². The predicted octanol–water partition coefficient (Wildman–Crippen LogP) is 5.24. The second kappa shape index (κ2) is 10.8. The molecule has 0 heterocycles. The monoisotopic (exact) mass is 456 g/mol. The summed E-state index contributed by atoms with van der Waals surface area (Å²) in [6.45, 7) is 0.300. The summed E-state index contributed by atoms with van der Waals surface area (Å²) in [6, 6.07) is 38.8. The van der Waals surface area contributed by atoms with Crippen LogP contribution in [0.5, 0.6) is 5.75 Å². The summed E-state index contributed by atoms with van der Waals surface area (Å²) in [4.78, 5) is 12.5. The third kappa shape index (κ3) is 5.24. The predicted molar refractivity (Wildman–Crippen MR) is 138 cm³/mol. The van der Waals surface area contributed by atoms with E-state index in [4.69, 9.17) is 9.47 Å². The van der Waals surface area contributed by atoms with Gasteiger partial charge >= 0.3 is 6.09 Å². The minimum atomic E-state index is -2.02. The van der Waals surface area contributed by atoms with E-state index in [1.165, 1.54) is 15.9 Å². The molecule has 0 fully saturated rings. The Labute approximate surface area is 195 Å². The molecule has 0 aliphatic rings. The van der Waals surface area contributed by atoms with Gasteiger partial charge in [0.1, 0.15) is 41.7 Å². The number of anilines is 1. The van der Waals surface area contributed by atoms with Crippen LogP contribution in [0.15, 0.2) is 115 Å². The molecule has 4 rings (SSSR count). The van der Waals surface area contributed by atoms with Gasteiger partial charge < -0.3 is 9.47 Å².